The van der Waals surface area contributed by atoms with Crippen LogP contribution in [0, 0.1) is 19.8 Å². The molecule has 1 fully saturated rings. The van der Waals surface area contributed by atoms with Gasteiger partial charge in [0, 0.05) is 5.69 Å². The average molecular weight is 277 g/mol. The molecule has 1 aliphatic rings. The van der Waals surface area contributed by atoms with Crippen molar-refractivity contribution >= 4 is 0 Å². The van der Waals surface area contributed by atoms with Crippen LogP contribution in [-0.2, 0) is 6.42 Å². The van der Waals surface area contributed by atoms with Crippen molar-refractivity contribution in [2.45, 2.75) is 72.3 Å². The van der Waals surface area contributed by atoms with Crippen molar-refractivity contribution in [1.29, 1.82) is 0 Å². The van der Waals surface area contributed by atoms with Gasteiger partial charge in [0.2, 0.25) is 0 Å². The van der Waals surface area contributed by atoms with Crippen molar-refractivity contribution in [1.82, 2.24) is 15.1 Å². The Balaban J connectivity index is 2.07. The lowest BCUT2D eigenvalue weighted by molar-refractivity contribution is 0.323. The van der Waals surface area contributed by atoms with Crippen molar-refractivity contribution < 1.29 is 0 Å². The molecule has 0 spiro atoms. The summed E-state index contributed by atoms with van der Waals surface area (Å²) in [5, 5.41) is 8.31. The molecule has 114 valence electrons. The maximum atomic E-state index is 4.86. The minimum Gasteiger partial charge on any atom is -0.317 e. The van der Waals surface area contributed by atoms with Crippen LogP contribution < -0.4 is 5.32 Å². The Hall–Kier alpha value is -0.830. The van der Waals surface area contributed by atoms with Crippen LogP contribution in [0.2, 0.25) is 0 Å². The summed E-state index contributed by atoms with van der Waals surface area (Å²) in [5.74, 6) is 0.677. The summed E-state index contributed by atoms with van der Waals surface area (Å²) in [6.45, 7) is 11.1. The molecule has 2 rings (SSSR count). The monoisotopic (exact) mass is 277 g/mol. The highest BCUT2D eigenvalue weighted by Gasteiger charge is 2.21. The molecule has 0 bridgehead atoms. The lowest BCUT2D eigenvalue weighted by Gasteiger charge is -2.23. The van der Waals surface area contributed by atoms with E-state index in [1.54, 1.807) is 0 Å². The highest BCUT2D eigenvalue weighted by atomic mass is 15.3. The molecule has 3 heteroatoms. The van der Waals surface area contributed by atoms with E-state index < -0.39 is 0 Å². The van der Waals surface area contributed by atoms with Gasteiger partial charge in [-0.1, -0.05) is 33.1 Å². The Morgan fingerprint density at radius 3 is 2.60 bits per heavy atom. The van der Waals surface area contributed by atoms with Gasteiger partial charge < -0.3 is 5.32 Å². The van der Waals surface area contributed by atoms with Gasteiger partial charge in [-0.2, -0.15) is 5.10 Å². The molecule has 0 amide bonds. The zero-order chi connectivity index (χ0) is 14.5. The largest absolute Gasteiger partial charge is 0.317 e. The van der Waals surface area contributed by atoms with Crippen molar-refractivity contribution in [3.63, 3.8) is 0 Å². The zero-order valence-corrected chi connectivity index (χ0v) is 13.7. The Labute approximate surface area is 124 Å². The SMILES string of the molecule is CCNCC(C)Cc1c(C)nn(C2CCCCC2)c1C. The summed E-state index contributed by atoms with van der Waals surface area (Å²) in [4.78, 5) is 0. The summed E-state index contributed by atoms with van der Waals surface area (Å²) in [7, 11) is 0. The summed E-state index contributed by atoms with van der Waals surface area (Å²) in [6.07, 6.45) is 7.92. The van der Waals surface area contributed by atoms with Crippen molar-refractivity contribution in [3.05, 3.63) is 17.0 Å². The molecule has 0 aliphatic heterocycles. The molecule has 1 aromatic rings. The summed E-state index contributed by atoms with van der Waals surface area (Å²) < 4.78 is 2.34. The third-order valence-corrected chi connectivity index (χ3v) is 4.69. The van der Waals surface area contributed by atoms with Gasteiger partial charge in [-0.05, 0) is 57.7 Å². The van der Waals surface area contributed by atoms with Gasteiger partial charge in [-0.25, -0.2) is 0 Å². The number of aryl methyl sites for hydroxylation is 1. The Kier molecular flexibility index (Phi) is 5.64. The molecular weight excluding hydrogens is 246 g/mol. The minimum absolute atomic E-state index is 0.653. The molecule has 1 heterocycles. The minimum atomic E-state index is 0.653. The first-order chi connectivity index (χ1) is 9.63. The van der Waals surface area contributed by atoms with E-state index in [0.29, 0.717) is 12.0 Å². The summed E-state index contributed by atoms with van der Waals surface area (Å²) in [5.41, 5.74) is 4.15. The van der Waals surface area contributed by atoms with Crippen LogP contribution in [0.1, 0.15) is 68.9 Å². The van der Waals surface area contributed by atoms with Gasteiger partial charge in [0.05, 0.1) is 11.7 Å². The molecule has 1 unspecified atom stereocenters. The molecule has 0 radical (unpaired) electrons. The first-order valence-corrected chi connectivity index (χ1v) is 8.38. The molecule has 20 heavy (non-hydrogen) atoms. The molecule has 1 N–H and O–H groups in total. The topological polar surface area (TPSA) is 29.9 Å². The third-order valence-electron chi connectivity index (χ3n) is 4.69. The first-order valence-electron chi connectivity index (χ1n) is 8.38. The number of rotatable bonds is 6. The van der Waals surface area contributed by atoms with Crippen LogP contribution in [0.4, 0.5) is 0 Å². The van der Waals surface area contributed by atoms with Crippen LogP contribution in [0.5, 0.6) is 0 Å². The molecule has 0 aromatic carbocycles. The fourth-order valence-corrected chi connectivity index (χ4v) is 3.48. The van der Waals surface area contributed by atoms with Crippen molar-refractivity contribution in [3.8, 4) is 0 Å². The summed E-state index contributed by atoms with van der Waals surface area (Å²) in [6, 6.07) is 0.653. The number of nitrogens with one attached hydrogen (secondary N) is 1. The van der Waals surface area contributed by atoms with Crippen molar-refractivity contribution in [2.75, 3.05) is 13.1 Å². The quantitative estimate of drug-likeness (QED) is 0.857. The van der Waals surface area contributed by atoms with Gasteiger partial charge in [0.15, 0.2) is 0 Å². The highest BCUT2D eigenvalue weighted by molar-refractivity contribution is 5.25. The second-order valence-corrected chi connectivity index (χ2v) is 6.50. The van der Waals surface area contributed by atoms with Crippen LogP contribution >= 0.6 is 0 Å². The van der Waals surface area contributed by atoms with E-state index in [1.807, 2.05) is 0 Å². The molecule has 3 nitrogen and oxygen atoms in total. The Morgan fingerprint density at radius 1 is 1.25 bits per heavy atom. The predicted molar refractivity (Wildman–Crippen MR) is 85.2 cm³/mol. The number of hydrogen-bond acceptors (Lipinski definition) is 2. The zero-order valence-electron chi connectivity index (χ0n) is 13.7. The van der Waals surface area contributed by atoms with E-state index in [0.717, 1.165) is 19.5 Å². The molecular formula is C17H31N3. The van der Waals surface area contributed by atoms with E-state index in [1.165, 1.54) is 49.1 Å². The predicted octanol–water partition coefficient (Wildman–Crippen LogP) is 3.79. The van der Waals surface area contributed by atoms with E-state index in [2.05, 4.69) is 37.7 Å². The second-order valence-electron chi connectivity index (χ2n) is 6.50. The average Bonchev–Trinajstić information content (AvgIpc) is 2.74. The van der Waals surface area contributed by atoms with Gasteiger partial charge >= 0.3 is 0 Å². The van der Waals surface area contributed by atoms with Crippen LogP contribution in [0.15, 0.2) is 0 Å². The maximum Gasteiger partial charge on any atom is 0.0628 e. The smallest absolute Gasteiger partial charge is 0.0628 e. The molecule has 1 saturated carbocycles. The lowest BCUT2D eigenvalue weighted by atomic mass is 9.95. The third kappa shape index (κ3) is 3.63. The second kappa shape index (κ2) is 7.26. The van der Waals surface area contributed by atoms with E-state index in [4.69, 9.17) is 5.10 Å². The fourth-order valence-electron chi connectivity index (χ4n) is 3.48. The standard InChI is InChI=1S/C17H31N3/c1-5-18-12-13(2)11-17-14(3)19-20(15(17)4)16-9-7-6-8-10-16/h13,16,18H,5-12H2,1-4H3. The molecule has 1 atom stereocenters. The molecule has 1 aliphatic carbocycles. The highest BCUT2D eigenvalue weighted by Crippen LogP contribution is 2.30. The van der Waals surface area contributed by atoms with Gasteiger partial charge in [0.1, 0.15) is 0 Å². The maximum absolute atomic E-state index is 4.86. The van der Waals surface area contributed by atoms with Crippen LogP contribution in [-0.4, -0.2) is 22.9 Å². The summed E-state index contributed by atoms with van der Waals surface area (Å²) >= 11 is 0. The normalized spacial score (nSPS) is 18.4. The Bertz CT molecular complexity index is 416. The molecule has 0 saturated heterocycles. The fraction of sp³-hybridized carbons (Fsp3) is 0.824. The lowest BCUT2D eigenvalue weighted by Crippen LogP contribution is -2.22. The van der Waals surface area contributed by atoms with Gasteiger partial charge in [0.25, 0.3) is 0 Å². The van der Waals surface area contributed by atoms with Crippen LogP contribution in [0.3, 0.4) is 0 Å². The first kappa shape index (κ1) is 15.6. The number of nitrogens with zero attached hydrogens (tertiary/aromatic N) is 2. The van der Waals surface area contributed by atoms with Crippen LogP contribution in [0.25, 0.3) is 0 Å². The Morgan fingerprint density at radius 2 is 1.95 bits per heavy atom. The molecule has 1 aromatic heterocycles. The number of hydrogen-bond donors (Lipinski definition) is 1. The van der Waals surface area contributed by atoms with Crippen molar-refractivity contribution in [2.24, 2.45) is 5.92 Å². The van der Waals surface area contributed by atoms with Gasteiger partial charge in [-0.15, -0.1) is 0 Å². The van der Waals surface area contributed by atoms with E-state index in [9.17, 15) is 0 Å². The number of aromatic nitrogens is 2. The van der Waals surface area contributed by atoms with Gasteiger partial charge in [-0.3, -0.25) is 4.68 Å². The van der Waals surface area contributed by atoms with E-state index in [-0.39, 0.29) is 0 Å². The van der Waals surface area contributed by atoms with E-state index >= 15 is 0 Å².